The molecule has 7 nitrogen and oxygen atoms in total. The van der Waals surface area contributed by atoms with Crippen LogP contribution in [-0.2, 0) is 25.8 Å². The molecular formula is C18H19N5O2. The minimum Gasteiger partial charge on any atom is -0.360 e. The molecule has 0 spiro atoms. The van der Waals surface area contributed by atoms with Crippen LogP contribution in [0.3, 0.4) is 0 Å². The molecular weight excluding hydrogens is 318 g/mol. The first-order chi connectivity index (χ1) is 12.3. The number of hydrogen-bond acceptors (Lipinski definition) is 7. The highest BCUT2D eigenvalue weighted by Gasteiger charge is 2.26. The van der Waals surface area contributed by atoms with E-state index in [1.54, 1.807) is 0 Å². The Hall–Kier alpha value is -2.54. The fraction of sp³-hybridized carbons (Fsp3) is 0.444. The molecule has 0 fully saturated rings. The number of aromatic nitrogens is 4. The second-order valence-electron chi connectivity index (χ2n) is 6.71. The van der Waals surface area contributed by atoms with Crippen molar-refractivity contribution in [2.24, 2.45) is 0 Å². The van der Waals surface area contributed by atoms with Gasteiger partial charge in [0.2, 0.25) is 5.82 Å². The zero-order chi connectivity index (χ0) is 16.8. The number of hydrogen-bond donors (Lipinski definition) is 1. The molecule has 0 saturated heterocycles. The molecule has 0 saturated carbocycles. The van der Waals surface area contributed by atoms with Crippen LogP contribution >= 0.6 is 0 Å². The van der Waals surface area contributed by atoms with Crippen molar-refractivity contribution in [3.8, 4) is 23.0 Å². The molecule has 0 aromatic carbocycles. The van der Waals surface area contributed by atoms with Crippen molar-refractivity contribution in [2.75, 3.05) is 6.54 Å². The highest BCUT2D eigenvalue weighted by molar-refractivity contribution is 5.67. The summed E-state index contributed by atoms with van der Waals surface area (Å²) in [6.45, 7) is 3.77. The van der Waals surface area contributed by atoms with Crippen LogP contribution in [0.1, 0.15) is 41.0 Å². The van der Waals surface area contributed by atoms with Crippen molar-refractivity contribution in [1.82, 2.24) is 25.6 Å². The van der Waals surface area contributed by atoms with E-state index in [2.05, 4.69) is 25.6 Å². The number of nitrogens with zero attached hydrogens (tertiary/aromatic N) is 4. The summed E-state index contributed by atoms with van der Waals surface area (Å²) in [4.78, 5) is 9.15. The SMILES string of the molecule is Cc1ncc2c(c1-c1noc(-c3noc4c3CCCC4)n1)CCNC2. The Bertz CT molecular complexity index is 943. The van der Waals surface area contributed by atoms with E-state index in [4.69, 9.17) is 9.05 Å². The molecule has 0 amide bonds. The smallest absolute Gasteiger partial charge is 0.280 e. The van der Waals surface area contributed by atoms with Gasteiger partial charge in [-0.1, -0.05) is 10.3 Å². The van der Waals surface area contributed by atoms with Gasteiger partial charge in [0, 0.05) is 36.0 Å². The summed E-state index contributed by atoms with van der Waals surface area (Å²) < 4.78 is 11.0. The van der Waals surface area contributed by atoms with Gasteiger partial charge in [-0.15, -0.1) is 0 Å². The van der Waals surface area contributed by atoms with Crippen molar-refractivity contribution in [3.05, 3.63) is 34.3 Å². The van der Waals surface area contributed by atoms with Crippen molar-refractivity contribution in [3.63, 3.8) is 0 Å². The number of rotatable bonds is 2. The fourth-order valence-electron chi connectivity index (χ4n) is 3.84. The van der Waals surface area contributed by atoms with Crippen LogP contribution in [0.4, 0.5) is 0 Å². The van der Waals surface area contributed by atoms with Crippen molar-refractivity contribution < 1.29 is 9.05 Å². The first-order valence-electron chi connectivity index (χ1n) is 8.81. The first-order valence-corrected chi connectivity index (χ1v) is 8.81. The summed E-state index contributed by atoms with van der Waals surface area (Å²) in [6.07, 6.45) is 7.06. The third-order valence-corrected chi connectivity index (χ3v) is 5.13. The van der Waals surface area contributed by atoms with E-state index >= 15 is 0 Å². The van der Waals surface area contributed by atoms with Crippen LogP contribution in [0.15, 0.2) is 15.2 Å². The minimum absolute atomic E-state index is 0.438. The lowest BCUT2D eigenvalue weighted by atomic mass is 9.95. The molecule has 4 heterocycles. The van der Waals surface area contributed by atoms with Crippen LogP contribution in [0.5, 0.6) is 0 Å². The Balaban J connectivity index is 1.59. The Morgan fingerprint density at radius 3 is 2.92 bits per heavy atom. The van der Waals surface area contributed by atoms with E-state index in [1.165, 1.54) is 11.1 Å². The molecule has 128 valence electrons. The van der Waals surface area contributed by atoms with E-state index in [0.29, 0.717) is 17.4 Å². The molecule has 5 rings (SSSR count). The molecule has 3 aromatic rings. The van der Waals surface area contributed by atoms with Gasteiger partial charge >= 0.3 is 0 Å². The summed E-state index contributed by atoms with van der Waals surface area (Å²) in [6, 6.07) is 0. The number of fused-ring (bicyclic) bond motifs is 2. The average molecular weight is 337 g/mol. The van der Waals surface area contributed by atoms with Crippen LogP contribution in [0.2, 0.25) is 0 Å². The maximum absolute atomic E-state index is 5.55. The highest BCUT2D eigenvalue weighted by atomic mass is 16.5. The highest BCUT2D eigenvalue weighted by Crippen LogP contribution is 2.33. The zero-order valence-corrected chi connectivity index (χ0v) is 14.1. The fourth-order valence-corrected chi connectivity index (χ4v) is 3.84. The van der Waals surface area contributed by atoms with Crippen molar-refractivity contribution in [2.45, 2.75) is 45.6 Å². The molecule has 1 aliphatic carbocycles. The first kappa shape index (κ1) is 14.8. The van der Waals surface area contributed by atoms with E-state index in [1.807, 2.05) is 13.1 Å². The molecule has 2 aliphatic rings. The Kier molecular flexibility index (Phi) is 3.41. The molecule has 0 bridgehead atoms. The third-order valence-electron chi connectivity index (χ3n) is 5.13. The number of aryl methyl sites for hydroxylation is 2. The molecule has 0 unspecified atom stereocenters. The second-order valence-corrected chi connectivity index (χ2v) is 6.71. The Morgan fingerprint density at radius 2 is 1.96 bits per heavy atom. The largest absolute Gasteiger partial charge is 0.360 e. The maximum atomic E-state index is 5.55. The van der Waals surface area contributed by atoms with Gasteiger partial charge < -0.3 is 14.4 Å². The van der Waals surface area contributed by atoms with Crippen LogP contribution in [-0.4, -0.2) is 26.8 Å². The van der Waals surface area contributed by atoms with E-state index < -0.39 is 0 Å². The predicted molar refractivity (Wildman–Crippen MR) is 89.8 cm³/mol. The lowest BCUT2D eigenvalue weighted by Gasteiger charge is -2.19. The van der Waals surface area contributed by atoms with Crippen LogP contribution in [0, 0.1) is 6.92 Å². The van der Waals surface area contributed by atoms with Gasteiger partial charge in [0.15, 0.2) is 5.69 Å². The average Bonchev–Trinajstić information content (AvgIpc) is 3.28. The Labute approximate surface area is 144 Å². The summed E-state index contributed by atoms with van der Waals surface area (Å²) in [5.41, 5.74) is 6.21. The second kappa shape index (κ2) is 5.77. The minimum atomic E-state index is 0.438. The monoisotopic (exact) mass is 337 g/mol. The van der Waals surface area contributed by atoms with Gasteiger partial charge in [-0.2, -0.15) is 4.98 Å². The standard InChI is InChI=1S/C18H19N5O2/c1-10-15(12-6-7-19-8-11(12)9-20-10)17-21-18(25-23-17)16-13-4-2-3-5-14(13)24-22-16/h9,19H,2-8H2,1H3. The molecule has 7 heteroatoms. The molecule has 1 aliphatic heterocycles. The number of nitrogens with one attached hydrogen (secondary N) is 1. The molecule has 0 radical (unpaired) electrons. The van der Waals surface area contributed by atoms with E-state index in [0.717, 1.165) is 67.8 Å². The normalized spacial score (nSPS) is 16.5. The number of pyridine rings is 1. The zero-order valence-electron chi connectivity index (χ0n) is 14.1. The summed E-state index contributed by atoms with van der Waals surface area (Å²) in [5.74, 6) is 1.99. The van der Waals surface area contributed by atoms with Crippen molar-refractivity contribution in [1.29, 1.82) is 0 Å². The van der Waals surface area contributed by atoms with Gasteiger partial charge in [0.25, 0.3) is 5.89 Å². The van der Waals surface area contributed by atoms with E-state index in [9.17, 15) is 0 Å². The summed E-state index contributed by atoms with van der Waals surface area (Å²) in [7, 11) is 0. The van der Waals surface area contributed by atoms with Gasteiger partial charge in [-0.25, -0.2) is 0 Å². The van der Waals surface area contributed by atoms with Crippen LogP contribution < -0.4 is 5.32 Å². The van der Waals surface area contributed by atoms with E-state index in [-0.39, 0.29) is 0 Å². The Morgan fingerprint density at radius 1 is 1.04 bits per heavy atom. The molecule has 1 N–H and O–H groups in total. The third kappa shape index (κ3) is 2.38. The van der Waals surface area contributed by atoms with Crippen LogP contribution in [0.25, 0.3) is 23.0 Å². The van der Waals surface area contributed by atoms with Gasteiger partial charge in [-0.05, 0) is 50.3 Å². The molecule has 25 heavy (non-hydrogen) atoms. The topological polar surface area (TPSA) is 89.9 Å². The van der Waals surface area contributed by atoms with Crippen molar-refractivity contribution >= 4 is 0 Å². The van der Waals surface area contributed by atoms with Gasteiger partial charge in [-0.3, -0.25) is 4.98 Å². The van der Waals surface area contributed by atoms with Gasteiger partial charge in [0.05, 0.1) is 0 Å². The lowest BCUT2D eigenvalue weighted by Crippen LogP contribution is -2.24. The molecule has 0 atom stereocenters. The quantitative estimate of drug-likeness (QED) is 0.768. The lowest BCUT2D eigenvalue weighted by molar-refractivity contribution is 0.369. The predicted octanol–water partition coefficient (Wildman–Crippen LogP) is 2.62. The summed E-state index contributed by atoms with van der Waals surface area (Å²) in [5, 5.41) is 11.8. The maximum Gasteiger partial charge on any atom is 0.280 e. The summed E-state index contributed by atoms with van der Waals surface area (Å²) >= 11 is 0. The molecule has 3 aromatic heterocycles. The van der Waals surface area contributed by atoms with Gasteiger partial charge in [0.1, 0.15) is 5.76 Å².